The molecule has 0 bridgehead atoms. The van der Waals surface area contributed by atoms with Crippen molar-refractivity contribution in [3.05, 3.63) is 82.1 Å². The second kappa shape index (κ2) is 7.20. The number of aromatic amines is 1. The Hall–Kier alpha value is -3.60. The zero-order valence-electron chi connectivity index (χ0n) is 19.9. The number of carbonyl (C=O) groups excluding carboxylic acids is 2. The van der Waals surface area contributed by atoms with Crippen molar-refractivity contribution in [2.45, 2.75) is 46.1 Å². The fraction of sp³-hybridized carbons (Fsp3) is 0.286. The summed E-state index contributed by atoms with van der Waals surface area (Å²) in [5.74, 6) is -1.07. The maximum Gasteiger partial charge on any atom is 0.340 e. The SMILES string of the molecule is COC(=O)c1c(C)[nH]c(-c2ccccc2)c1C1C(=O)N2c3c(cc(C)cc31)C(C)=CC2(C)C. The van der Waals surface area contributed by atoms with E-state index in [-0.39, 0.29) is 5.91 Å². The number of benzene rings is 2. The summed E-state index contributed by atoms with van der Waals surface area (Å²) in [7, 11) is 1.38. The van der Waals surface area contributed by atoms with Crippen LogP contribution in [0, 0.1) is 13.8 Å². The Morgan fingerprint density at radius 3 is 2.45 bits per heavy atom. The van der Waals surface area contributed by atoms with E-state index in [0.717, 1.165) is 39.2 Å². The van der Waals surface area contributed by atoms with Gasteiger partial charge in [-0.15, -0.1) is 0 Å². The molecule has 0 fully saturated rings. The lowest BCUT2D eigenvalue weighted by Gasteiger charge is -2.39. The van der Waals surface area contributed by atoms with Crippen molar-refractivity contribution in [2.24, 2.45) is 0 Å². The van der Waals surface area contributed by atoms with Gasteiger partial charge in [-0.1, -0.05) is 48.0 Å². The number of aromatic nitrogens is 1. The zero-order valence-corrected chi connectivity index (χ0v) is 19.9. The molecule has 0 saturated heterocycles. The van der Waals surface area contributed by atoms with E-state index in [4.69, 9.17) is 4.74 Å². The van der Waals surface area contributed by atoms with Gasteiger partial charge in [0.1, 0.15) is 0 Å². The summed E-state index contributed by atoms with van der Waals surface area (Å²) in [6, 6.07) is 14.1. The fourth-order valence-corrected chi connectivity index (χ4v) is 5.60. The van der Waals surface area contributed by atoms with Crippen molar-refractivity contribution in [3.63, 3.8) is 0 Å². The number of nitrogens with zero attached hydrogens (tertiary/aromatic N) is 1. The van der Waals surface area contributed by atoms with Crippen LogP contribution in [0.25, 0.3) is 16.8 Å². The summed E-state index contributed by atoms with van der Waals surface area (Å²) in [5.41, 5.74) is 8.27. The number of allylic oxidation sites excluding steroid dienone is 1. The van der Waals surface area contributed by atoms with Gasteiger partial charge < -0.3 is 14.6 Å². The monoisotopic (exact) mass is 440 g/mol. The highest BCUT2D eigenvalue weighted by Crippen LogP contribution is 2.53. The van der Waals surface area contributed by atoms with Gasteiger partial charge in [0.2, 0.25) is 5.91 Å². The van der Waals surface area contributed by atoms with E-state index >= 15 is 0 Å². The standard InChI is InChI=1S/C28H28N2O3/c1-15-12-19-16(2)14-28(4,5)30-25(19)20(13-15)22(26(30)31)23-21(27(32)33-6)17(3)29-24(23)18-10-8-7-9-11-18/h7-14,22,29H,1-6H3. The molecule has 2 aliphatic rings. The predicted octanol–water partition coefficient (Wildman–Crippen LogP) is 5.76. The molecule has 33 heavy (non-hydrogen) atoms. The summed E-state index contributed by atoms with van der Waals surface area (Å²) in [6.45, 7) is 10.1. The minimum absolute atomic E-state index is 0.0214. The number of anilines is 1. The number of esters is 1. The van der Waals surface area contributed by atoms with Crippen LogP contribution in [0.15, 0.2) is 48.5 Å². The van der Waals surface area contributed by atoms with Crippen molar-refractivity contribution in [1.82, 2.24) is 4.98 Å². The van der Waals surface area contributed by atoms with Gasteiger partial charge in [-0.2, -0.15) is 0 Å². The Morgan fingerprint density at radius 1 is 1.09 bits per heavy atom. The van der Waals surface area contributed by atoms with E-state index in [0.29, 0.717) is 16.8 Å². The minimum atomic E-state index is -0.605. The van der Waals surface area contributed by atoms with E-state index in [1.807, 2.05) is 42.2 Å². The molecular formula is C28H28N2O3. The van der Waals surface area contributed by atoms with Gasteiger partial charge in [-0.25, -0.2) is 4.79 Å². The highest BCUT2D eigenvalue weighted by atomic mass is 16.5. The average Bonchev–Trinajstić information content (AvgIpc) is 3.25. The van der Waals surface area contributed by atoms with Crippen LogP contribution in [0.5, 0.6) is 0 Å². The summed E-state index contributed by atoms with van der Waals surface area (Å²) < 4.78 is 5.17. The molecule has 1 atom stereocenters. The molecule has 1 N–H and O–H groups in total. The van der Waals surface area contributed by atoms with Crippen molar-refractivity contribution in [2.75, 3.05) is 12.0 Å². The van der Waals surface area contributed by atoms with Crippen LogP contribution in [-0.4, -0.2) is 29.5 Å². The van der Waals surface area contributed by atoms with Crippen LogP contribution in [0.1, 0.15) is 65.0 Å². The second-order valence-corrected chi connectivity index (χ2v) is 9.61. The third-order valence-corrected chi connectivity index (χ3v) is 6.82. The summed E-state index contributed by atoms with van der Waals surface area (Å²) in [5, 5.41) is 0. The van der Waals surface area contributed by atoms with Gasteiger partial charge in [0.25, 0.3) is 0 Å². The predicted molar refractivity (Wildman–Crippen MR) is 131 cm³/mol. The fourth-order valence-electron chi connectivity index (χ4n) is 5.60. The molecule has 5 nitrogen and oxygen atoms in total. The Balaban J connectivity index is 1.86. The normalized spacial score (nSPS) is 18.2. The third kappa shape index (κ3) is 2.99. The number of rotatable bonds is 3. The molecule has 0 radical (unpaired) electrons. The molecule has 1 unspecified atom stereocenters. The van der Waals surface area contributed by atoms with Gasteiger partial charge in [-0.3, -0.25) is 4.79 Å². The molecule has 2 aromatic carbocycles. The topological polar surface area (TPSA) is 62.4 Å². The Kier molecular flexibility index (Phi) is 4.64. The molecule has 1 amide bonds. The number of H-pyrrole nitrogens is 1. The van der Waals surface area contributed by atoms with Crippen LogP contribution < -0.4 is 4.90 Å². The quantitative estimate of drug-likeness (QED) is 0.527. The molecule has 3 heterocycles. The number of methoxy groups -OCH3 is 1. The highest BCUT2D eigenvalue weighted by Gasteiger charge is 2.49. The average molecular weight is 441 g/mol. The number of nitrogens with one attached hydrogen (secondary N) is 1. The largest absolute Gasteiger partial charge is 0.465 e. The van der Waals surface area contributed by atoms with Crippen LogP contribution in [0.2, 0.25) is 0 Å². The minimum Gasteiger partial charge on any atom is -0.465 e. The summed E-state index contributed by atoms with van der Waals surface area (Å²) in [6.07, 6.45) is 2.15. The van der Waals surface area contributed by atoms with E-state index in [1.54, 1.807) is 0 Å². The molecule has 3 aromatic rings. The van der Waals surface area contributed by atoms with E-state index in [9.17, 15) is 9.59 Å². The third-order valence-electron chi connectivity index (χ3n) is 6.82. The summed E-state index contributed by atoms with van der Waals surface area (Å²) >= 11 is 0. The number of ether oxygens (including phenoxy) is 1. The van der Waals surface area contributed by atoms with E-state index in [2.05, 4.69) is 50.9 Å². The number of aryl methyl sites for hydroxylation is 2. The maximum absolute atomic E-state index is 14.2. The number of hydrogen-bond donors (Lipinski definition) is 1. The zero-order chi connectivity index (χ0) is 23.7. The van der Waals surface area contributed by atoms with Crippen LogP contribution in [-0.2, 0) is 9.53 Å². The second-order valence-electron chi connectivity index (χ2n) is 9.61. The molecule has 0 aliphatic carbocycles. The molecule has 2 aliphatic heterocycles. The molecule has 5 rings (SSSR count). The lowest BCUT2D eigenvalue weighted by Crippen LogP contribution is -2.47. The lowest BCUT2D eigenvalue weighted by molar-refractivity contribution is -0.119. The van der Waals surface area contributed by atoms with Crippen LogP contribution >= 0.6 is 0 Å². The van der Waals surface area contributed by atoms with Gasteiger partial charge in [0.15, 0.2) is 0 Å². The first-order chi connectivity index (χ1) is 15.7. The Bertz CT molecular complexity index is 1350. The number of amides is 1. The van der Waals surface area contributed by atoms with E-state index < -0.39 is 17.4 Å². The number of carbonyl (C=O) groups is 2. The first-order valence-electron chi connectivity index (χ1n) is 11.2. The highest BCUT2D eigenvalue weighted by molar-refractivity contribution is 6.14. The van der Waals surface area contributed by atoms with Gasteiger partial charge in [0, 0.05) is 16.8 Å². The first kappa shape index (κ1) is 21.3. The van der Waals surface area contributed by atoms with Crippen molar-refractivity contribution < 1.29 is 14.3 Å². The van der Waals surface area contributed by atoms with Crippen molar-refractivity contribution >= 4 is 23.1 Å². The molecular weight excluding hydrogens is 412 g/mol. The maximum atomic E-state index is 14.2. The molecule has 0 saturated carbocycles. The first-order valence-corrected chi connectivity index (χ1v) is 11.2. The van der Waals surface area contributed by atoms with Gasteiger partial charge >= 0.3 is 5.97 Å². The molecule has 0 spiro atoms. The van der Waals surface area contributed by atoms with Crippen LogP contribution in [0.4, 0.5) is 5.69 Å². The molecule has 168 valence electrons. The summed E-state index contributed by atoms with van der Waals surface area (Å²) in [4.78, 5) is 32.5. The van der Waals surface area contributed by atoms with Crippen LogP contribution in [0.3, 0.4) is 0 Å². The van der Waals surface area contributed by atoms with Crippen molar-refractivity contribution in [3.8, 4) is 11.3 Å². The Morgan fingerprint density at radius 2 is 1.79 bits per heavy atom. The molecule has 1 aromatic heterocycles. The molecule has 5 heteroatoms. The lowest BCUT2D eigenvalue weighted by atomic mass is 9.85. The van der Waals surface area contributed by atoms with Crippen molar-refractivity contribution in [1.29, 1.82) is 0 Å². The van der Waals surface area contributed by atoms with Gasteiger partial charge in [-0.05, 0) is 57.4 Å². The van der Waals surface area contributed by atoms with Gasteiger partial charge in [0.05, 0.1) is 35.5 Å². The Labute approximate surface area is 194 Å². The van der Waals surface area contributed by atoms with E-state index in [1.165, 1.54) is 7.11 Å². The number of hydrogen-bond acceptors (Lipinski definition) is 3. The smallest absolute Gasteiger partial charge is 0.340 e.